The summed E-state index contributed by atoms with van der Waals surface area (Å²) in [6.07, 6.45) is 3.34. The Bertz CT molecular complexity index is 578. The first-order chi connectivity index (χ1) is 8.60. The molecule has 1 aromatic carbocycles. The Balaban J connectivity index is 2.19. The molecule has 0 aliphatic heterocycles. The summed E-state index contributed by atoms with van der Waals surface area (Å²) < 4.78 is 7.25. The van der Waals surface area contributed by atoms with Crippen molar-refractivity contribution in [2.75, 3.05) is 5.73 Å². The molecule has 0 bridgehead atoms. The number of hydrogen-bond acceptors (Lipinski definition) is 4. The van der Waals surface area contributed by atoms with Crippen LogP contribution in [-0.2, 0) is 6.54 Å². The molecular formula is C12H13N3O3. The summed E-state index contributed by atoms with van der Waals surface area (Å²) in [5.74, 6) is 0.00494. The Morgan fingerprint density at radius 3 is 2.83 bits per heavy atom. The standard InChI is InChI=1S/C12H13N3O3/c1-2-15-7-9(6-14-15)18-8-3-4-10(12(16)17)11(13)5-8/h3-7H,2,13H2,1H3,(H,16,17). The van der Waals surface area contributed by atoms with E-state index in [0.717, 1.165) is 6.54 Å². The molecule has 0 amide bonds. The molecule has 0 saturated heterocycles. The summed E-state index contributed by atoms with van der Waals surface area (Å²) in [5, 5.41) is 12.9. The van der Waals surface area contributed by atoms with E-state index in [0.29, 0.717) is 11.5 Å². The zero-order valence-corrected chi connectivity index (χ0v) is 9.83. The molecule has 1 aromatic heterocycles. The molecule has 6 nitrogen and oxygen atoms in total. The third kappa shape index (κ3) is 2.42. The fourth-order valence-corrected chi connectivity index (χ4v) is 1.51. The SMILES string of the molecule is CCn1cc(Oc2ccc(C(=O)O)c(N)c2)cn1. The second kappa shape index (κ2) is 4.79. The predicted molar refractivity (Wildman–Crippen MR) is 65.8 cm³/mol. The van der Waals surface area contributed by atoms with Crippen molar-refractivity contribution < 1.29 is 14.6 Å². The van der Waals surface area contributed by atoms with Crippen molar-refractivity contribution in [3.8, 4) is 11.5 Å². The molecular weight excluding hydrogens is 234 g/mol. The summed E-state index contributed by atoms with van der Waals surface area (Å²) in [6, 6.07) is 4.45. The van der Waals surface area contributed by atoms with E-state index in [1.165, 1.54) is 12.1 Å². The van der Waals surface area contributed by atoms with Gasteiger partial charge in [-0.15, -0.1) is 0 Å². The first-order valence-electron chi connectivity index (χ1n) is 5.43. The van der Waals surface area contributed by atoms with Gasteiger partial charge in [0.2, 0.25) is 0 Å². The zero-order valence-electron chi connectivity index (χ0n) is 9.83. The summed E-state index contributed by atoms with van der Waals surface area (Å²) >= 11 is 0. The van der Waals surface area contributed by atoms with Crippen LogP contribution >= 0.6 is 0 Å². The van der Waals surface area contributed by atoms with E-state index in [2.05, 4.69) is 5.10 Å². The smallest absolute Gasteiger partial charge is 0.337 e. The molecule has 0 radical (unpaired) electrons. The van der Waals surface area contributed by atoms with E-state index in [1.54, 1.807) is 23.1 Å². The molecule has 2 rings (SSSR count). The molecule has 0 aliphatic carbocycles. The van der Waals surface area contributed by atoms with Crippen LogP contribution in [-0.4, -0.2) is 20.9 Å². The maximum Gasteiger partial charge on any atom is 0.337 e. The molecule has 0 aliphatic rings. The lowest BCUT2D eigenvalue weighted by atomic mass is 10.2. The van der Waals surface area contributed by atoms with Gasteiger partial charge in [-0.1, -0.05) is 0 Å². The highest BCUT2D eigenvalue weighted by Crippen LogP contribution is 2.25. The largest absolute Gasteiger partial charge is 0.478 e. The van der Waals surface area contributed by atoms with Crippen LogP contribution in [0.4, 0.5) is 5.69 Å². The van der Waals surface area contributed by atoms with Crippen LogP contribution in [0.25, 0.3) is 0 Å². The summed E-state index contributed by atoms with van der Waals surface area (Å²) in [7, 11) is 0. The van der Waals surface area contributed by atoms with E-state index >= 15 is 0 Å². The third-order valence-corrected chi connectivity index (χ3v) is 2.42. The second-order valence-corrected chi connectivity index (χ2v) is 3.69. The molecule has 2 aromatic rings. The average Bonchev–Trinajstić information content (AvgIpc) is 2.76. The van der Waals surface area contributed by atoms with Crippen molar-refractivity contribution >= 4 is 11.7 Å². The number of ether oxygens (including phenoxy) is 1. The number of nitrogen functional groups attached to an aromatic ring is 1. The van der Waals surface area contributed by atoms with Gasteiger partial charge in [0.15, 0.2) is 5.75 Å². The van der Waals surface area contributed by atoms with Crippen LogP contribution in [0.5, 0.6) is 11.5 Å². The van der Waals surface area contributed by atoms with Gasteiger partial charge in [0, 0.05) is 18.3 Å². The third-order valence-electron chi connectivity index (χ3n) is 2.42. The fraction of sp³-hybridized carbons (Fsp3) is 0.167. The van der Waals surface area contributed by atoms with E-state index in [9.17, 15) is 4.79 Å². The number of carbonyl (C=O) groups is 1. The number of aromatic nitrogens is 2. The molecule has 0 spiro atoms. The van der Waals surface area contributed by atoms with Gasteiger partial charge < -0.3 is 15.6 Å². The zero-order chi connectivity index (χ0) is 13.1. The highest BCUT2D eigenvalue weighted by Gasteiger charge is 2.09. The van der Waals surface area contributed by atoms with Crippen molar-refractivity contribution in [1.82, 2.24) is 9.78 Å². The molecule has 18 heavy (non-hydrogen) atoms. The lowest BCUT2D eigenvalue weighted by molar-refractivity contribution is 0.0698. The van der Waals surface area contributed by atoms with Gasteiger partial charge in [0.1, 0.15) is 5.75 Å². The molecule has 94 valence electrons. The van der Waals surface area contributed by atoms with Crippen LogP contribution in [0.15, 0.2) is 30.6 Å². The molecule has 1 heterocycles. The van der Waals surface area contributed by atoms with Crippen molar-refractivity contribution in [3.05, 3.63) is 36.2 Å². The number of benzene rings is 1. The van der Waals surface area contributed by atoms with Crippen molar-refractivity contribution in [2.24, 2.45) is 0 Å². The van der Waals surface area contributed by atoms with Crippen LogP contribution in [0.2, 0.25) is 0 Å². The molecule has 0 atom stereocenters. The number of nitrogens with zero attached hydrogens (tertiary/aromatic N) is 2. The lowest BCUT2D eigenvalue weighted by Crippen LogP contribution is -2.02. The van der Waals surface area contributed by atoms with E-state index < -0.39 is 5.97 Å². The minimum absolute atomic E-state index is 0.0617. The minimum atomic E-state index is -1.06. The summed E-state index contributed by atoms with van der Waals surface area (Å²) in [6.45, 7) is 2.72. The van der Waals surface area contributed by atoms with Gasteiger partial charge in [0.25, 0.3) is 0 Å². The number of anilines is 1. The van der Waals surface area contributed by atoms with E-state index in [1.807, 2.05) is 6.92 Å². The Kier molecular flexibility index (Phi) is 3.18. The topological polar surface area (TPSA) is 90.4 Å². The maximum absolute atomic E-state index is 10.8. The van der Waals surface area contributed by atoms with E-state index in [-0.39, 0.29) is 11.3 Å². The van der Waals surface area contributed by atoms with Gasteiger partial charge in [-0.3, -0.25) is 4.68 Å². The minimum Gasteiger partial charge on any atom is -0.478 e. The van der Waals surface area contributed by atoms with Crippen molar-refractivity contribution in [2.45, 2.75) is 13.5 Å². The Morgan fingerprint density at radius 1 is 1.50 bits per heavy atom. The molecule has 0 saturated carbocycles. The Hall–Kier alpha value is -2.50. The predicted octanol–water partition coefficient (Wildman–Crippen LogP) is 1.98. The van der Waals surface area contributed by atoms with Crippen LogP contribution < -0.4 is 10.5 Å². The number of carboxylic acid groups (broad SMARTS) is 1. The highest BCUT2D eigenvalue weighted by molar-refractivity contribution is 5.93. The first-order valence-corrected chi connectivity index (χ1v) is 5.43. The first kappa shape index (κ1) is 12.0. The van der Waals surface area contributed by atoms with Gasteiger partial charge in [0.05, 0.1) is 18.0 Å². The van der Waals surface area contributed by atoms with Crippen molar-refractivity contribution in [3.63, 3.8) is 0 Å². The quantitative estimate of drug-likeness (QED) is 0.806. The summed E-state index contributed by atoms with van der Waals surface area (Å²) in [5.41, 5.74) is 5.86. The van der Waals surface area contributed by atoms with Gasteiger partial charge in [-0.05, 0) is 19.1 Å². The number of nitrogens with two attached hydrogens (primary N) is 1. The number of rotatable bonds is 4. The molecule has 3 N–H and O–H groups in total. The monoisotopic (exact) mass is 247 g/mol. The number of hydrogen-bond donors (Lipinski definition) is 2. The van der Waals surface area contributed by atoms with Crippen molar-refractivity contribution in [1.29, 1.82) is 0 Å². The van der Waals surface area contributed by atoms with Gasteiger partial charge in [-0.25, -0.2) is 4.79 Å². The number of aromatic carboxylic acids is 1. The maximum atomic E-state index is 10.8. The van der Waals surface area contributed by atoms with Crippen LogP contribution in [0.1, 0.15) is 17.3 Å². The van der Waals surface area contributed by atoms with E-state index in [4.69, 9.17) is 15.6 Å². The Morgan fingerprint density at radius 2 is 2.28 bits per heavy atom. The molecule has 0 unspecified atom stereocenters. The number of carboxylic acids is 1. The average molecular weight is 247 g/mol. The highest BCUT2D eigenvalue weighted by atomic mass is 16.5. The normalized spacial score (nSPS) is 10.3. The number of aryl methyl sites for hydroxylation is 1. The van der Waals surface area contributed by atoms with Gasteiger partial charge in [-0.2, -0.15) is 5.10 Å². The fourth-order valence-electron chi connectivity index (χ4n) is 1.51. The van der Waals surface area contributed by atoms with Crippen LogP contribution in [0, 0.1) is 0 Å². The lowest BCUT2D eigenvalue weighted by Gasteiger charge is -2.05. The molecule has 0 fully saturated rings. The summed E-state index contributed by atoms with van der Waals surface area (Å²) in [4.78, 5) is 10.8. The van der Waals surface area contributed by atoms with Crippen LogP contribution in [0.3, 0.4) is 0 Å². The van der Waals surface area contributed by atoms with Gasteiger partial charge >= 0.3 is 5.97 Å². The molecule has 6 heteroatoms. The Labute approximate surface area is 104 Å². The second-order valence-electron chi connectivity index (χ2n) is 3.69.